The van der Waals surface area contributed by atoms with Gasteiger partial charge in [-0.15, -0.1) is 11.8 Å². The minimum atomic E-state index is -1.04. The Morgan fingerprint density at radius 1 is 1.43 bits per heavy atom. The number of thioether (sulfide) groups is 1. The van der Waals surface area contributed by atoms with Gasteiger partial charge in [-0.1, -0.05) is 13.8 Å². The van der Waals surface area contributed by atoms with Crippen LogP contribution in [0.1, 0.15) is 26.7 Å². The summed E-state index contributed by atoms with van der Waals surface area (Å²) in [6.45, 7) is 3.46. The number of nitrogens with one attached hydrogen (secondary N) is 1. The molecule has 0 saturated heterocycles. The molecule has 1 heterocycles. The molecular weight excluding hydrogens is 322 g/mol. The highest BCUT2D eigenvalue weighted by atomic mass is 32.2. The van der Waals surface area contributed by atoms with Gasteiger partial charge in [-0.05, 0) is 24.2 Å². The molecule has 0 aromatic carbocycles. The fourth-order valence-electron chi connectivity index (χ4n) is 1.73. The average Bonchev–Trinajstić information content (AvgIpc) is 2.49. The first-order valence-corrected chi connectivity index (χ1v) is 8.05. The average molecular weight is 341 g/mol. The molecule has 0 bridgehead atoms. The largest absolute Gasteiger partial charge is 0.480 e. The first-order chi connectivity index (χ1) is 10.8. The van der Waals surface area contributed by atoms with Crippen molar-refractivity contribution < 1.29 is 19.6 Å². The van der Waals surface area contributed by atoms with Gasteiger partial charge in [-0.25, -0.2) is 9.78 Å². The smallest absolute Gasteiger partial charge is 0.326 e. The van der Waals surface area contributed by atoms with E-state index in [1.807, 2.05) is 0 Å². The topological polar surface area (TPSA) is 122 Å². The molecular formula is C14H19N3O5S. The zero-order valence-electron chi connectivity index (χ0n) is 12.9. The van der Waals surface area contributed by atoms with Crippen molar-refractivity contribution in [2.75, 3.05) is 5.75 Å². The summed E-state index contributed by atoms with van der Waals surface area (Å²) in [5, 5.41) is 22.6. The SMILES string of the molecule is CC(C)C(NC(=O)CCCSc1ccc([N+](=O)[O-])cn1)C(=O)O. The van der Waals surface area contributed by atoms with E-state index in [0.29, 0.717) is 17.2 Å². The maximum absolute atomic E-state index is 11.7. The van der Waals surface area contributed by atoms with Crippen LogP contribution in [0, 0.1) is 16.0 Å². The van der Waals surface area contributed by atoms with E-state index in [-0.39, 0.29) is 23.9 Å². The number of carbonyl (C=O) groups is 2. The summed E-state index contributed by atoms with van der Waals surface area (Å²) in [6.07, 6.45) is 1.96. The Balaban J connectivity index is 2.32. The molecule has 0 fully saturated rings. The second-order valence-corrected chi connectivity index (χ2v) is 6.31. The number of nitrogens with zero attached hydrogens (tertiary/aromatic N) is 2. The molecule has 9 heteroatoms. The maximum atomic E-state index is 11.7. The summed E-state index contributed by atoms with van der Waals surface area (Å²) >= 11 is 1.38. The zero-order valence-corrected chi connectivity index (χ0v) is 13.7. The molecule has 1 unspecified atom stereocenters. The number of carboxylic acid groups (broad SMARTS) is 1. The van der Waals surface area contributed by atoms with Crippen LogP contribution in [0.2, 0.25) is 0 Å². The molecule has 0 saturated carbocycles. The van der Waals surface area contributed by atoms with Gasteiger partial charge in [0.25, 0.3) is 5.69 Å². The van der Waals surface area contributed by atoms with Crippen LogP contribution < -0.4 is 5.32 Å². The van der Waals surface area contributed by atoms with Crippen molar-refractivity contribution >= 4 is 29.3 Å². The number of hydrogen-bond acceptors (Lipinski definition) is 6. The van der Waals surface area contributed by atoms with E-state index < -0.39 is 16.9 Å². The Morgan fingerprint density at radius 2 is 2.13 bits per heavy atom. The predicted octanol–water partition coefficient (Wildman–Crippen LogP) is 2.09. The number of rotatable bonds is 9. The van der Waals surface area contributed by atoms with Crippen LogP contribution in [0.5, 0.6) is 0 Å². The molecule has 1 rings (SSSR count). The minimum Gasteiger partial charge on any atom is -0.480 e. The molecule has 0 aliphatic heterocycles. The molecule has 1 aromatic heterocycles. The summed E-state index contributed by atoms with van der Waals surface area (Å²) in [6, 6.07) is 2.05. The van der Waals surface area contributed by atoms with Crippen molar-refractivity contribution in [3.8, 4) is 0 Å². The highest BCUT2D eigenvalue weighted by Crippen LogP contribution is 2.19. The fourth-order valence-corrected chi connectivity index (χ4v) is 2.52. The fraction of sp³-hybridized carbons (Fsp3) is 0.500. The van der Waals surface area contributed by atoms with E-state index in [9.17, 15) is 19.7 Å². The van der Waals surface area contributed by atoms with Crippen LogP contribution in [0.4, 0.5) is 5.69 Å². The highest BCUT2D eigenvalue weighted by Gasteiger charge is 2.22. The number of aromatic nitrogens is 1. The van der Waals surface area contributed by atoms with E-state index in [1.165, 1.54) is 24.0 Å². The lowest BCUT2D eigenvalue weighted by Gasteiger charge is -2.17. The van der Waals surface area contributed by atoms with Crippen molar-refractivity contribution in [2.45, 2.75) is 37.8 Å². The number of carbonyl (C=O) groups excluding carboxylic acids is 1. The standard InChI is InChI=1S/C14H19N3O5S/c1-9(2)13(14(19)20)16-11(18)4-3-7-23-12-6-5-10(8-15-12)17(21)22/h5-6,8-9,13H,3-4,7H2,1-2H3,(H,16,18)(H,19,20). The van der Waals surface area contributed by atoms with Gasteiger partial charge in [0.15, 0.2) is 0 Å². The minimum absolute atomic E-state index is 0.0675. The number of aliphatic carboxylic acids is 1. The van der Waals surface area contributed by atoms with Crippen molar-refractivity contribution in [2.24, 2.45) is 5.92 Å². The van der Waals surface area contributed by atoms with Gasteiger partial charge in [0, 0.05) is 12.5 Å². The Morgan fingerprint density at radius 3 is 2.61 bits per heavy atom. The molecule has 0 aliphatic carbocycles. The third kappa shape index (κ3) is 6.64. The summed E-state index contributed by atoms with van der Waals surface area (Å²) in [7, 11) is 0. The van der Waals surface area contributed by atoms with Gasteiger partial charge in [-0.2, -0.15) is 0 Å². The summed E-state index contributed by atoms with van der Waals surface area (Å²) < 4.78 is 0. The molecule has 0 radical (unpaired) electrons. The third-order valence-corrected chi connectivity index (χ3v) is 4.01. The number of pyridine rings is 1. The van der Waals surface area contributed by atoms with Crippen molar-refractivity contribution in [3.63, 3.8) is 0 Å². The van der Waals surface area contributed by atoms with E-state index in [1.54, 1.807) is 19.9 Å². The van der Waals surface area contributed by atoms with E-state index in [4.69, 9.17) is 5.11 Å². The van der Waals surface area contributed by atoms with Crippen LogP contribution in [-0.2, 0) is 9.59 Å². The first kappa shape index (κ1) is 18.9. The summed E-state index contributed by atoms with van der Waals surface area (Å²) in [4.78, 5) is 36.7. The lowest BCUT2D eigenvalue weighted by Crippen LogP contribution is -2.44. The molecule has 23 heavy (non-hydrogen) atoms. The Bertz CT molecular complexity index is 562. The van der Waals surface area contributed by atoms with Crippen molar-refractivity contribution in [3.05, 3.63) is 28.4 Å². The molecule has 1 amide bonds. The van der Waals surface area contributed by atoms with E-state index in [2.05, 4.69) is 10.3 Å². The number of carboxylic acids is 1. The van der Waals surface area contributed by atoms with Crippen LogP contribution in [0.25, 0.3) is 0 Å². The van der Waals surface area contributed by atoms with E-state index >= 15 is 0 Å². The number of hydrogen-bond donors (Lipinski definition) is 2. The summed E-state index contributed by atoms with van der Waals surface area (Å²) in [5.74, 6) is -0.922. The second-order valence-electron chi connectivity index (χ2n) is 5.19. The van der Waals surface area contributed by atoms with Gasteiger partial charge in [0.1, 0.15) is 12.2 Å². The Kier molecular flexibility index (Phi) is 7.46. The molecule has 126 valence electrons. The van der Waals surface area contributed by atoms with Gasteiger partial charge < -0.3 is 10.4 Å². The van der Waals surface area contributed by atoms with Crippen LogP contribution in [-0.4, -0.2) is 38.7 Å². The molecule has 1 aromatic rings. The Hall–Kier alpha value is -2.16. The maximum Gasteiger partial charge on any atom is 0.326 e. The molecule has 2 N–H and O–H groups in total. The van der Waals surface area contributed by atoms with Crippen LogP contribution >= 0.6 is 11.8 Å². The third-order valence-electron chi connectivity index (χ3n) is 2.98. The summed E-state index contributed by atoms with van der Waals surface area (Å²) in [5.41, 5.74) is -0.0675. The van der Waals surface area contributed by atoms with Crippen LogP contribution in [0.3, 0.4) is 0 Å². The second kappa shape index (κ2) is 9.09. The van der Waals surface area contributed by atoms with Gasteiger partial charge in [0.2, 0.25) is 5.91 Å². The van der Waals surface area contributed by atoms with Gasteiger partial charge in [-0.3, -0.25) is 14.9 Å². The normalized spacial score (nSPS) is 12.0. The van der Waals surface area contributed by atoms with Gasteiger partial charge in [0.05, 0.1) is 9.95 Å². The first-order valence-electron chi connectivity index (χ1n) is 7.06. The lowest BCUT2D eigenvalue weighted by atomic mass is 10.0. The molecule has 0 spiro atoms. The highest BCUT2D eigenvalue weighted by molar-refractivity contribution is 7.99. The quantitative estimate of drug-likeness (QED) is 0.305. The molecule has 0 aliphatic rings. The zero-order chi connectivity index (χ0) is 17.4. The number of amides is 1. The number of nitro groups is 1. The lowest BCUT2D eigenvalue weighted by molar-refractivity contribution is -0.385. The van der Waals surface area contributed by atoms with Crippen molar-refractivity contribution in [1.82, 2.24) is 10.3 Å². The van der Waals surface area contributed by atoms with Gasteiger partial charge >= 0.3 is 5.97 Å². The Labute approximate surface area is 137 Å². The monoisotopic (exact) mass is 341 g/mol. The van der Waals surface area contributed by atoms with E-state index in [0.717, 1.165) is 0 Å². The van der Waals surface area contributed by atoms with Crippen LogP contribution in [0.15, 0.2) is 23.4 Å². The molecule has 8 nitrogen and oxygen atoms in total. The van der Waals surface area contributed by atoms with Crippen molar-refractivity contribution in [1.29, 1.82) is 0 Å². The predicted molar refractivity (Wildman–Crippen MR) is 85.3 cm³/mol. The molecule has 1 atom stereocenters.